The fourth-order valence-electron chi connectivity index (χ4n) is 2.99. The van der Waals surface area contributed by atoms with Gasteiger partial charge in [0, 0.05) is 29.4 Å². The molecule has 1 aliphatic rings. The number of carbonyl (C=O) groups is 2. The van der Waals surface area contributed by atoms with E-state index in [0.29, 0.717) is 11.6 Å². The number of aryl methyl sites for hydroxylation is 3. The number of carbonyl (C=O) groups excluding carboxylic acids is 2. The Morgan fingerprint density at radius 1 is 1.12 bits per heavy atom. The number of amides is 2. The Hall–Kier alpha value is -2.33. The molecule has 1 atom stereocenters. The summed E-state index contributed by atoms with van der Waals surface area (Å²) in [5.41, 5.74) is 4.59. The van der Waals surface area contributed by atoms with E-state index in [2.05, 4.69) is 5.32 Å². The van der Waals surface area contributed by atoms with Gasteiger partial charge in [-0.25, -0.2) is 0 Å². The molecule has 0 aromatic heterocycles. The molecule has 2 aromatic rings. The Balaban J connectivity index is 1.74. The number of hydrogen-bond donors (Lipinski definition) is 1. The van der Waals surface area contributed by atoms with Crippen molar-refractivity contribution in [1.82, 2.24) is 0 Å². The Morgan fingerprint density at radius 2 is 1.84 bits per heavy atom. The van der Waals surface area contributed by atoms with Gasteiger partial charge in [-0.1, -0.05) is 29.8 Å². The van der Waals surface area contributed by atoms with Crippen LogP contribution in [0, 0.1) is 26.7 Å². The summed E-state index contributed by atoms with van der Waals surface area (Å²) in [5, 5.41) is 3.58. The lowest BCUT2D eigenvalue weighted by molar-refractivity contribution is -0.122. The van der Waals surface area contributed by atoms with E-state index >= 15 is 0 Å². The second kappa shape index (κ2) is 6.89. The molecule has 1 fully saturated rings. The quantitative estimate of drug-likeness (QED) is 0.893. The fraction of sp³-hybridized carbons (Fsp3) is 0.300. The van der Waals surface area contributed by atoms with Crippen molar-refractivity contribution in [3.63, 3.8) is 0 Å². The topological polar surface area (TPSA) is 49.4 Å². The van der Waals surface area contributed by atoms with Crippen LogP contribution in [0.2, 0.25) is 5.02 Å². The molecular weight excluding hydrogens is 336 g/mol. The number of nitrogens with one attached hydrogen (secondary N) is 1. The monoisotopic (exact) mass is 356 g/mol. The third-order valence-electron chi connectivity index (χ3n) is 4.61. The summed E-state index contributed by atoms with van der Waals surface area (Å²) in [6, 6.07) is 11.5. The maximum absolute atomic E-state index is 12.6. The molecule has 1 saturated heterocycles. The van der Waals surface area contributed by atoms with Gasteiger partial charge < -0.3 is 10.2 Å². The minimum absolute atomic E-state index is 0.0546. The van der Waals surface area contributed by atoms with E-state index in [-0.39, 0.29) is 24.2 Å². The number of benzene rings is 2. The van der Waals surface area contributed by atoms with Gasteiger partial charge in [0.05, 0.1) is 5.92 Å². The van der Waals surface area contributed by atoms with Crippen molar-refractivity contribution in [3.8, 4) is 0 Å². The van der Waals surface area contributed by atoms with E-state index in [1.807, 2.05) is 51.1 Å². The van der Waals surface area contributed by atoms with Gasteiger partial charge >= 0.3 is 0 Å². The molecule has 1 N–H and O–H groups in total. The third-order valence-corrected chi connectivity index (χ3v) is 5.02. The van der Waals surface area contributed by atoms with Gasteiger partial charge in [-0.05, 0) is 55.7 Å². The average molecular weight is 357 g/mol. The number of anilines is 2. The fourth-order valence-corrected chi connectivity index (χ4v) is 3.16. The van der Waals surface area contributed by atoms with E-state index in [4.69, 9.17) is 11.6 Å². The van der Waals surface area contributed by atoms with Crippen LogP contribution < -0.4 is 10.2 Å². The Morgan fingerprint density at radius 3 is 2.56 bits per heavy atom. The molecule has 1 aliphatic heterocycles. The van der Waals surface area contributed by atoms with Crippen molar-refractivity contribution in [1.29, 1.82) is 0 Å². The smallest absolute Gasteiger partial charge is 0.229 e. The lowest BCUT2D eigenvalue weighted by atomic mass is 10.1. The van der Waals surface area contributed by atoms with Gasteiger partial charge in [0.2, 0.25) is 11.8 Å². The van der Waals surface area contributed by atoms with Crippen LogP contribution in [0.3, 0.4) is 0 Å². The molecule has 0 unspecified atom stereocenters. The molecule has 2 amide bonds. The first kappa shape index (κ1) is 17.5. The number of halogens is 1. The minimum atomic E-state index is -0.368. The van der Waals surface area contributed by atoms with E-state index < -0.39 is 0 Å². The van der Waals surface area contributed by atoms with E-state index in [0.717, 1.165) is 28.1 Å². The Labute approximate surface area is 152 Å². The molecule has 0 aliphatic carbocycles. The van der Waals surface area contributed by atoms with Crippen LogP contribution in [0.5, 0.6) is 0 Å². The second-order valence-corrected chi connectivity index (χ2v) is 7.05. The van der Waals surface area contributed by atoms with Gasteiger partial charge in [0.15, 0.2) is 0 Å². The largest absolute Gasteiger partial charge is 0.326 e. The zero-order valence-electron chi connectivity index (χ0n) is 14.6. The summed E-state index contributed by atoms with van der Waals surface area (Å²) in [6.07, 6.45) is 0.211. The van der Waals surface area contributed by atoms with Gasteiger partial charge in [0.25, 0.3) is 0 Å². The lowest BCUT2D eigenvalue weighted by Gasteiger charge is -2.18. The van der Waals surface area contributed by atoms with Crippen molar-refractivity contribution < 1.29 is 9.59 Å². The summed E-state index contributed by atoms with van der Waals surface area (Å²) < 4.78 is 0. The molecule has 1 heterocycles. The normalized spacial score (nSPS) is 17.0. The number of nitrogens with zero attached hydrogens (tertiary/aromatic N) is 1. The molecule has 5 heteroatoms. The van der Waals surface area contributed by atoms with Gasteiger partial charge in [-0.3, -0.25) is 9.59 Å². The van der Waals surface area contributed by atoms with Crippen molar-refractivity contribution >= 4 is 34.8 Å². The van der Waals surface area contributed by atoms with Crippen LogP contribution >= 0.6 is 11.6 Å². The maximum Gasteiger partial charge on any atom is 0.229 e. The van der Waals surface area contributed by atoms with E-state index in [1.54, 1.807) is 11.0 Å². The summed E-state index contributed by atoms with van der Waals surface area (Å²) in [5.74, 6) is -0.545. The van der Waals surface area contributed by atoms with Gasteiger partial charge in [-0.15, -0.1) is 0 Å². The highest BCUT2D eigenvalue weighted by molar-refractivity contribution is 6.31. The lowest BCUT2D eigenvalue weighted by Crippen LogP contribution is -2.28. The average Bonchev–Trinajstić information content (AvgIpc) is 2.95. The zero-order valence-corrected chi connectivity index (χ0v) is 15.4. The minimum Gasteiger partial charge on any atom is -0.326 e. The van der Waals surface area contributed by atoms with Crippen molar-refractivity contribution in [2.75, 3.05) is 16.8 Å². The standard InChI is InChI=1S/C20H21ClN2O2/c1-12-4-5-14(3)18(8-12)22-20(25)15-9-19(24)23(11-15)16-7-6-13(2)17(21)10-16/h4-8,10,15H,9,11H2,1-3H3,(H,22,25)/t15-/m1/s1. The highest BCUT2D eigenvalue weighted by Gasteiger charge is 2.35. The van der Waals surface area contributed by atoms with Crippen molar-refractivity contribution in [3.05, 3.63) is 58.1 Å². The molecule has 4 nitrogen and oxygen atoms in total. The Bertz CT molecular complexity index is 848. The zero-order chi connectivity index (χ0) is 18.1. The molecule has 0 saturated carbocycles. The Kier molecular flexibility index (Phi) is 4.82. The summed E-state index contributed by atoms with van der Waals surface area (Å²) >= 11 is 6.16. The summed E-state index contributed by atoms with van der Waals surface area (Å²) in [6.45, 7) is 6.22. The summed E-state index contributed by atoms with van der Waals surface area (Å²) in [7, 11) is 0. The number of rotatable bonds is 3. The van der Waals surface area contributed by atoms with Crippen LogP contribution in [0.25, 0.3) is 0 Å². The van der Waals surface area contributed by atoms with E-state index in [1.165, 1.54) is 0 Å². The van der Waals surface area contributed by atoms with Crippen molar-refractivity contribution in [2.45, 2.75) is 27.2 Å². The molecule has 25 heavy (non-hydrogen) atoms. The van der Waals surface area contributed by atoms with Crippen LogP contribution in [0.4, 0.5) is 11.4 Å². The van der Waals surface area contributed by atoms with Crippen molar-refractivity contribution in [2.24, 2.45) is 5.92 Å². The van der Waals surface area contributed by atoms with Crippen LogP contribution in [0.15, 0.2) is 36.4 Å². The van der Waals surface area contributed by atoms with Crippen LogP contribution in [0.1, 0.15) is 23.1 Å². The molecule has 130 valence electrons. The second-order valence-electron chi connectivity index (χ2n) is 6.65. The van der Waals surface area contributed by atoms with Crippen LogP contribution in [-0.2, 0) is 9.59 Å². The maximum atomic E-state index is 12.6. The molecular formula is C20H21ClN2O2. The molecule has 0 radical (unpaired) electrons. The molecule has 0 spiro atoms. The molecule has 3 rings (SSSR count). The molecule has 0 bridgehead atoms. The predicted molar refractivity (Wildman–Crippen MR) is 101 cm³/mol. The van der Waals surface area contributed by atoms with E-state index in [9.17, 15) is 9.59 Å². The first-order valence-electron chi connectivity index (χ1n) is 8.30. The third kappa shape index (κ3) is 3.69. The first-order valence-corrected chi connectivity index (χ1v) is 8.67. The highest BCUT2D eigenvalue weighted by Crippen LogP contribution is 2.29. The SMILES string of the molecule is Cc1ccc(C)c(NC(=O)[C@@H]2CC(=O)N(c3ccc(C)c(Cl)c3)C2)c1. The predicted octanol–water partition coefficient (Wildman–Crippen LogP) is 4.26. The van der Waals surface area contributed by atoms with Gasteiger partial charge in [-0.2, -0.15) is 0 Å². The first-order chi connectivity index (χ1) is 11.8. The summed E-state index contributed by atoms with van der Waals surface area (Å²) in [4.78, 5) is 26.6. The molecule has 2 aromatic carbocycles. The van der Waals surface area contributed by atoms with Crippen LogP contribution in [-0.4, -0.2) is 18.4 Å². The number of hydrogen-bond acceptors (Lipinski definition) is 2. The van der Waals surface area contributed by atoms with Gasteiger partial charge in [0.1, 0.15) is 0 Å². The highest BCUT2D eigenvalue weighted by atomic mass is 35.5.